The number of Topliss-reactive ketones (excluding diaryl/α,β-unsaturated/α-hetero) is 1. The van der Waals surface area contributed by atoms with Crippen LogP contribution in [0.4, 0.5) is 0 Å². The average molecular weight is 868 g/mol. The van der Waals surface area contributed by atoms with E-state index >= 15 is 4.79 Å². The van der Waals surface area contributed by atoms with E-state index in [0.29, 0.717) is 10.1 Å². The van der Waals surface area contributed by atoms with Crippen molar-refractivity contribution in [2.24, 2.45) is 0 Å². The van der Waals surface area contributed by atoms with E-state index in [9.17, 15) is 0 Å². The molecule has 4 unspecified atom stereocenters. The third kappa shape index (κ3) is 8.11. The number of benzene rings is 4. The first kappa shape index (κ1) is 39.5. The number of hydrogen-bond acceptors (Lipinski definition) is 3. The predicted molar refractivity (Wildman–Crippen MR) is 225 cm³/mol. The summed E-state index contributed by atoms with van der Waals surface area (Å²) < 4.78 is -2.41. The van der Waals surface area contributed by atoms with Crippen LogP contribution in [-0.2, 0) is 17.9 Å². The molecule has 3 nitrogen and oxygen atoms in total. The van der Waals surface area contributed by atoms with Crippen LogP contribution in [0.1, 0.15) is 45.2 Å². The summed E-state index contributed by atoms with van der Waals surface area (Å²) in [4.78, 5) is 19.8. The maximum absolute atomic E-state index is 15.5. The van der Waals surface area contributed by atoms with Crippen molar-refractivity contribution in [3.05, 3.63) is 177 Å². The van der Waals surface area contributed by atoms with Crippen LogP contribution in [0.15, 0.2) is 144 Å². The Bertz CT molecular complexity index is 1830. The number of alkyl halides is 2. The van der Waals surface area contributed by atoms with E-state index in [0.717, 1.165) is 46.5 Å². The largest absolute Gasteiger partial charge is 0.305 e. The SMILES string of the molecule is CN(C)Cc1ccc(C2=C(Cl)C(c3ccccc3)C(Br)(C(=O)C3(Br)C=CC(c4ccc(CN(C)C)cc4)=C(Cl)C3c3ccccc3)C=C2)cc1.Cl. The van der Waals surface area contributed by atoms with Gasteiger partial charge in [0.2, 0.25) is 0 Å². The van der Waals surface area contributed by atoms with Crippen molar-refractivity contribution < 1.29 is 4.79 Å². The van der Waals surface area contributed by atoms with Gasteiger partial charge in [0.15, 0.2) is 5.78 Å². The monoisotopic (exact) mass is 864 g/mol. The van der Waals surface area contributed by atoms with Crippen molar-refractivity contribution in [3.8, 4) is 0 Å². The van der Waals surface area contributed by atoms with Crippen LogP contribution in [0.2, 0.25) is 0 Å². The second-order valence-corrected chi connectivity index (χ2v) is 17.1. The van der Waals surface area contributed by atoms with Crippen molar-refractivity contribution in [2.75, 3.05) is 28.2 Å². The molecule has 0 aliphatic heterocycles. The summed E-state index contributed by atoms with van der Waals surface area (Å²) in [6.07, 6.45) is 7.90. The topological polar surface area (TPSA) is 23.6 Å². The van der Waals surface area contributed by atoms with E-state index < -0.39 is 20.5 Å². The highest BCUT2D eigenvalue weighted by atomic mass is 79.9. The summed E-state index contributed by atoms with van der Waals surface area (Å²) in [7, 11) is 8.23. The van der Waals surface area contributed by atoms with Gasteiger partial charge in [-0.05, 0) is 72.7 Å². The normalized spacial score (nSPS) is 23.2. The number of nitrogens with zero attached hydrogens (tertiary/aromatic N) is 2. The molecule has 0 spiro atoms. The first-order valence-electron chi connectivity index (χ1n) is 16.6. The molecule has 0 N–H and O–H groups in total. The Balaban J connectivity index is 0.00000504. The minimum atomic E-state index is -1.21. The van der Waals surface area contributed by atoms with Gasteiger partial charge in [-0.15, -0.1) is 12.4 Å². The maximum Gasteiger partial charge on any atom is 0.175 e. The molecule has 0 bridgehead atoms. The zero-order valence-corrected chi connectivity index (χ0v) is 34.5. The highest BCUT2D eigenvalue weighted by molar-refractivity contribution is 9.11. The standard InChI is InChI=1S/C43H40Br2Cl2N2O.ClH/c1-48(2)27-29-15-19-31(20-16-29)35-23-25-42(44,37(39(35)46)33-11-7-5-8-12-33)41(50)43(45)26-24-36(32-21-17-30(18-22-32)28-49(3)4)40(47)38(43)34-13-9-6-10-14-34;/h5-26,37-38H,27-28H2,1-4H3;1H. The highest BCUT2D eigenvalue weighted by Gasteiger charge is 2.57. The van der Waals surface area contributed by atoms with Crippen molar-refractivity contribution >= 4 is 84.4 Å². The second kappa shape index (κ2) is 16.5. The molecule has 264 valence electrons. The van der Waals surface area contributed by atoms with Gasteiger partial charge in [0.1, 0.15) is 8.65 Å². The molecule has 0 heterocycles. The summed E-state index contributed by atoms with van der Waals surface area (Å²) in [6, 6.07) is 37.0. The fourth-order valence-electron chi connectivity index (χ4n) is 6.99. The Morgan fingerprint density at radius 2 is 0.922 bits per heavy atom. The number of ketones is 1. The van der Waals surface area contributed by atoms with Gasteiger partial charge in [-0.1, -0.05) is 189 Å². The van der Waals surface area contributed by atoms with Crippen LogP contribution < -0.4 is 0 Å². The third-order valence-corrected chi connectivity index (χ3v) is 12.3. The molecule has 0 radical (unpaired) electrons. The molecule has 4 aromatic rings. The van der Waals surface area contributed by atoms with Gasteiger partial charge in [-0.3, -0.25) is 4.79 Å². The zero-order chi connectivity index (χ0) is 35.6. The lowest BCUT2D eigenvalue weighted by atomic mass is 9.69. The predicted octanol–water partition coefficient (Wildman–Crippen LogP) is 11.4. The summed E-state index contributed by atoms with van der Waals surface area (Å²) in [6.45, 7) is 1.69. The first-order valence-corrected chi connectivity index (χ1v) is 18.9. The molecule has 4 aromatic carbocycles. The summed E-state index contributed by atoms with van der Waals surface area (Å²) in [5, 5.41) is 1.19. The van der Waals surface area contributed by atoms with E-state index in [1.165, 1.54) is 11.1 Å². The molecule has 2 aliphatic carbocycles. The number of rotatable bonds is 10. The van der Waals surface area contributed by atoms with Gasteiger partial charge >= 0.3 is 0 Å². The van der Waals surface area contributed by atoms with E-state index in [4.69, 9.17) is 23.2 Å². The number of halogens is 5. The van der Waals surface area contributed by atoms with E-state index in [-0.39, 0.29) is 18.2 Å². The molecule has 8 heteroatoms. The lowest BCUT2D eigenvalue weighted by molar-refractivity contribution is -0.121. The van der Waals surface area contributed by atoms with Crippen LogP contribution in [0.3, 0.4) is 0 Å². The van der Waals surface area contributed by atoms with Crippen LogP contribution >= 0.6 is 67.5 Å². The molecular weight excluding hydrogens is 827 g/mol. The quantitative estimate of drug-likeness (QED) is 0.148. The molecule has 0 saturated carbocycles. The molecule has 2 aliphatic rings. The van der Waals surface area contributed by atoms with Crippen LogP contribution in [0.25, 0.3) is 11.1 Å². The molecular formula is C43H41Br2Cl3N2O. The average Bonchev–Trinajstić information content (AvgIpc) is 3.09. The number of hydrogen-bond donors (Lipinski definition) is 0. The van der Waals surface area contributed by atoms with Crippen LogP contribution in [0, 0.1) is 0 Å². The van der Waals surface area contributed by atoms with E-state index in [1.807, 2.05) is 85.0 Å². The van der Waals surface area contributed by atoms with Gasteiger partial charge in [-0.2, -0.15) is 0 Å². The lowest BCUT2D eigenvalue weighted by Gasteiger charge is -2.44. The van der Waals surface area contributed by atoms with Crippen LogP contribution in [-0.4, -0.2) is 52.4 Å². The molecule has 0 saturated heterocycles. The third-order valence-electron chi connectivity index (χ3n) is 9.34. The second-order valence-electron chi connectivity index (χ2n) is 13.6. The van der Waals surface area contributed by atoms with Crippen molar-refractivity contribution in [3.63, 3.8) is 0 Å². The molecule has 4 atom stereocenters. The molecule has 0 fully saturated rings. The van der Waals surface area contributed by atoms with Gasteiger partial charge in [0, 0.05) is 35.0 Å². The highest BCUT2D eigenvalue weighted by Crippen LogP contribution is 2.57. The molecule has 0 aromatic heterocycles. The Hall–Kier alpha value is -2.74. The minimum Gasteiger partial charge on any atom is -0.305 e. The number of carbonyl (C=O) groups excluding carboxylic acids is 1. The zero-order valence-electron chi connectivity index (χ0n) is 29.0. The molecule has 51 heavy (non-hydrogen) atoms. The Morgan fingerprint density at radius 1 is 0.588 bits per heavy atom. The van der Waals surface area contributed by atoms with Gasteiger partial charge in [-0.25, -0.2) is 0 Å². The minimum absolute atomic E-state index is 0. The fourth-order valence-corrected chi connectivity index (χ4v) is 10.4. The number of allylic oxidation sites excluding steroid dienone is 8. The van der Waals surface area contributed by atoms with E-state index in [2.05, 4.69) is 118 Å². The van der Waals surface area contributed by atoms with Gasteiger partial charge in [0.25, 0.3) is 0 Å². The van der Waals surface area contributed by atoms with E-state index in [1.54, 1.807) is 0 Å². The Morgan fingerprint density at radius 3 is 1.24 bits per heavy atom. The Labute approximate surface area is 335 Å². The summed E-state index contributed by atoms with van der Waals surface area (Å²) >= 11 is 23.0. The van der Waals surface area contributed by atoms with Crippen molar-refractivity contribution in [2.45, 2.75) is 33.6 Å². The molecule has 0 amide bonds. The smallest absolute Gasteiger partial charge is 0.175 e. The van der Waals surface area contributed by atoms with Gasteiger partial charge < -0.3 is 9.80 Å². The fraction of sp³-hybridized carbons (Fsp3) is 0.233. The summed E-state index contributed by atoms with van der Waals surface area (Å²) in [5.41, 5.74) is 8.06. The maximum atomic E-state index is 15.5. The lowest BCUT2D eigenvalue weighted by Crippen LogP contribution is -2.51. The Kier molecular flexibility index (Phi) is 12.8. The van der Waals surface area contributed by atoms with Crippen molar-refractivity contribution in [1.82, 2.24) is 9.80 Å². The summed E-state index contributed by atoms with van der Waals surface area (Å²) in [5.74, 6) is -1.11. The van der Waals surface area contributed by atoms with Gasteiger partial charge in [0.05, 0.1) is 0 Å². The number of carbonyl (C=O) groups is 1. The molecule has 6 rings (SSSR count). The van der Waals surface area contributed by atoms with Crippen LogP contribution in [0.5, 0.6) is 0 Å². The van der Waals surface area contributed by atoms with Crippen molar-refractivity contribution in [1.29, 1.82) is 0 Å². The first-order chi connectivity index (χ1) is 23.9.